The van der Waals surface area contributed by atoms with E-state index in [0.29, 0.717) is 0 Å². The monoisotopic (exact) mass is 404 g/mol. The molecule has 0 N–H and O–H groups in total. The molecule has 20 heavy (non-hydrogen) atoms. The molecule has 112 valence electrons. The van der Waals surface area contributed by atoms with Crippen LogP contribution in [0.3, 0.4) is 0 Å². The minimum absolute atomic E-state index is 0.145. The van der Waals surface area contributed by atoms with E-state index in [1.807, 2.05) is 3.24 Å². The minimum atomic E-state index is -1.13. The zero-order valence-electron chi connectivity index (χ0n) is 13.8. The summed E-state index contributed by atoms with van der Waals surface area (Å²) in [4.78, 5) is 0. The normalized spacial score (nSPS) is 12.8. The van der Waals surface area contributed by atoms with Gasteiger partial charge in [0.1, 0.15) is 0 Å². The number of benzene rings is 1. The Hall–Kier alpha value is -0.0335. The molecule has 0 amide bonds. The maximum atomic E-state index is 2.62. The van der Waals surface area contributed by atoms with Crippen LogP contribution in [-0.4, -0.2) is 29.0 Å². The zero-order chi connectivity index (χ0) is 15.0. The van der Waals surface area contributed by atoms with Gasteiger partial charge >= 0.3 is 137 Å². The quantitative estimate of drug-likeness (QED) is 0.422. The number of unbranched alkanes of at least 4 members (excludes halogenated alkanes) is 4. The first-order chi connectivity index (χ1) is 9.43. The van der Waals surface area contributed by atoms with Crippen molar-refractivity contribution in [3.63, 3.8) is 0 Å². The molecule has 2 heteroatoms. The molecule has 0 spiro atoms. The molecule has 1 aromatic carbocycles. The summed E-state index contributed by atoms with van der Waals surface area (Å²) in [5.41, 5.74) is 1.37. The summed E-state index contributed by atoms with van der Waals surface area (Å²) in [6.45, 7) is 12.0. The molecule has 0 aliphatic heterocycles. The molecule has 1 aromatic rings. The summed E-state index contributed by atoms with van der Waals surface area (Å²) in [5, 5.41) is 0. The van der Waals surface area contributed by atoms with E-state index in [1.165, 1.54) is 37.7 Å². The van der Waals surface area contributed by atoms with E-state index in [0.717, 1.165) is 0 Å². The third kappa shape index (κ3) is 7.11. The fourth-order valence-electron chi connectivity index (χ4n) is 2.04. The Balaban J connectivity index is 2.65. The van der Waals surface area contributed by atoms with Gasteiger partial charge in [-0.1, -0.05) is 0 Å². The van der Waals surface area contributed by atoms with Crippen LogP contribution >= 0.6 is 0 Å². The van der Waals surface area contributed by atoms with Crippen LogP contribution in [0.4, 0.5) is 0 Å². The maximum absolute atomic E-state index is 2.62. The SMILES string of the molecule is CCCCCC/C=C(/[Te]c1ccc(C)cc1)[Si](C)(C)C. The van der Waals surface area contributed by atoms with Gasteiger partial charge in [0.2, 0.25) is 0 Å². The third-order valence-corrected chi connectivity index (χ3v) is 13.5. The van der Waals surface area contributed by atoms with Gasteiger partial charge in [0, 0.05) is 0 Å². The van der Waals surface area contributed by atoms with E-state index in [-0.39, 0.29) is 20.9 Å². The first-order valence-corrected chi connectivity index (χ1v) is 13.7. The molecule has 0 saturated carbocycles. The number of hydrogen-bond donors (Lipinski definition) is 0. The Morgan fingerprint density at radius 1 is 1.05 bits per heavy atom. The topological polar surface area (TPSA) is 0 Å². The van der Waals surface area contributed by atoms with Crippen LogP contribution in [0.25, 0.3) is 0 Å². The van der Waals surface area contributed by atoms with Gasteiger partial charge in [-0.3, -0.25) is 0 Å². The molecule has 0 bridgehead atoms. The Morgan fingerprint density at radius 2 is 1.70 bits per heavy atom. The average Bonchev–Trinajstić information content (AvgIpc) is 2.38. The van der Waals surface area contributed by atoms with Crippen molar-refractivity contribution in [1.29, 1.82) is 0 Å². The molecule has 0 heterocycles. The fourth-order valence-corrected chi connectivity index (χ4v) is 8.59. The van der Waals surface area contributed by atoms with Crippen LogP contribution in [-0.2, 0) is 0 Å². The van der Waals surface area contributed by atoms with E-state index < -0.39 is 8.07 Å². The van der Waals surface area contributed by atoms with Crippen molar-refractivity contribution >= 4 is 32.6 Å². The molecule has 0 atom stereocenters. The molecule has 0 saturated heterocycles. The predicted octanol–water partition coefficient (Wildman–Crippen LogP) is 5.06. The Kier molecular flexibility index (Phi) is 8.18. The van der Waals surface area contributed by atoms with Crippen LogP contribution in [0.2, 0.25) is 19.6 Å². The van der Waals surface area contributed by atoms with Crippen molar-refractivity contribution in [3.05, 3.63) is 39.1 Å². The van der Waals surface area contributed by atoms with E-state index >= 15 is 0 Å². The summed E-state index contributed by atoms with van der Waals surface area (Å²) in [7, 11) is -1.13. The van der Waals surface area contributed by atoms with Crippen molar-refractivity contribution in [3.8, 4) is 0 Å². The molecular weight excluding hydrogens is 372 g/mol. The van der Waals surface area contributed by atoms with Crippen LogP contribution in [0.15, 0.2) is 33.6 Å². The summed E-state index contributed by atoms with van der Waals surface area (Å²) >= 11 is -0.145. The van der Waals surface area contributed by atoms with Gasteiger partial charge in [0.05, 0.1) is 0 Å². The van der Waals surface area contributed by atoms with Gasteiger partial charge in [0.15, 0.2) is 0 Å². The third-order valence-electron chi connectivity index (χ3n) is 3.38. The number of rotatable bonds is 8. The van der Waals surface area contributed by atoms with Crippen LogP contribution in [0.1, 0.15) is 44.6 Å². The molecule has 0 aliphatic carbocycles. The van der Waals surface area contributed by atoms with Gasteiger partial charge in [-0.25, -0.2) is 0 Å². The van der Waals surface area contributed by atoms with Crippen LogP contribution < -0.4 is 3.61 Å². The molecule has 0 aliphatic rings. The summed E-state index contributed by atoms with van der Waals surface area (Å²) in [5.74, 6) is 0. The molecule has 0 aromatic heterocycles. The van der Waals surface area contributed by atoms with Crippen LogP contribution in [0, 0.1) is 6.92 Å². The summed E-state index contributed by atoms with van der Waals surface area (Å²) < 4.78 is 3.45. The molecule has 1 rings (SSSR count). The van der Waals surface area contributed by atoms with Crippen molar-refractivity contribution in [2.75, 3.05) is 0 Å². The summed E-state index contributed by atoms with van der Waals surface area (Å²) in [6, 6.07) is 9.23. The van der Waals surface area contributed by atoms with Crippen molar-refractivity contribution in [1.82, 2.24) is 0 Å². The van der Waals surface area contributed by atoms with E-state index in [2.05, 4.69) is 63.8 Å². The first kappa shape index (κ1) is 18.0. The fraction of sp³-hybridized carbons (Fsp3) is 0.556. The standard InChI is InChI=1S/C18H30SiTe/c1-6-7-8-9-10-11-18(19(3,4)5)20-17-14-12-16(2)13-15-17/h11-15H,6-10H2,1-5H3/b18-11+. The molecule has 0 fully saturated rings. The number of aryl methyl sites for hydroxylation is 1. The first-order valence-electron chi connectivity index (χ1n) is 7.88. The van der Waals surface area contributed by atoms with Crippen molar-refractivity contribution in [2.24, 2.45) is 0 Å². The van der Waals surface area contributed by atoms with E-state index in [4.69, 9.17) is 0 Å². The van der Waals surface area contributed by atoms with Crippen molar-refractivity contribution in [2.45, 2.75) is 65.6 Å². The summed E-state index contributed by atoms with van der Waals surface area (Å²) in [6.07, 6.45) is 9.42. The van der Waals surface area contributed by atoms with E-state index in [9.17, 15) is 0 Å². The Morgan fingerprint density at radius 3 is 2.25 bits per heavy atom. The Labute approximate surface area is 137 Å². The van der Waals surface area contributed by atoms with Gasteiger partial charge in [-0.05, 0) is 0 Å². The Bertz CT molecular complexity index is 412. The van der Waals surface area contributed by atoms with Gasteiger partial charge in [-0.15, -0.1) is 0 Å². The number of hydrogen-bond acceptors (Lipinski definition) is 0. The van der Waals surface area contributed by atoms with Gasteiger partial charge in [-0.2, -0.15) is 0 Å². The van der Waals surface area contributed by atoms with Gasteiger partial charge < -0.3 is 0 Å². The molecular formula is C18H30SiTe. The van der Waals surface area contributed by atoms with Crippen molar-refractivity contribution < 1.29 is 0 Å². The van der Waals surface area contributed by atoms with Gasteiger partial charge in [0.25, 0.3) is 0 Å². The van der Waals surface area contributed by atoms with Crippen LogP contribution in [0.5, 0.6) is 0 Å². The van der Waals surface area contributed by atoms with E-state index in [1.54, 1.807) is 3.61 Å². The second-order valence-corrected chi connectivity index (χ2v) is 15.9. The second-order valence-electron chi connectivity index (χ2n) is 6.58. The predicted molar refractivity (Wildman–Crippen MR) is 96.8 cm³/mol. The molecule has 0 nitrogen and oxygen atoms in total. The average molecular weight is 402 g/mol. The zero-order valence-corrected chi connectivity index (χ0v) is 17.2. The molecule has 0 unspecified atom stereocenters. The number of allylic oxidation sites excluding steroid dienone is 1. The second kappa shape index (κ2) is 9.08. The molecule has 0 radical (unpaired) electrons.